The van der Waals surface area contributed by atoms with Crippen molar-refractivity contribution >= 4 is 21.6 Å². The normalized spacial score (nSPS) is 13.3. The molecule has 0 aliphatic heterocycles. The van der Waals surface area contributed by atoms with Crippen LogP contribution >= 0.6 is 11.6 Å². The second kappa shape index (κ2) is 5.23. The van der Waals surface area contributed by atoms with Crippen LogP contribution in [-0.4, -0.2) is 29.9 Å². The Bertz CT molecular complexity index is 520. The molecule has 6 heteroatoms. The van der Waals surface area contributed by atoms with Gasteiger partial charge in [-0.1, -0.05) is 6.92 Å². The zero-order chi connectivity index (χ0) is 14.1. The van der Waals surface area contributed by atoms with Gasteiger partial charge >= 0.3 is 0 Å². The molecule has 0 fully saturated rings. The third-order valence-corrected chi connectivity index (χ3v) is 5.90. The van der Waals surface area contributed by atoms with Crippen molar-refractivity contribution in [2.24, 2.45) is 7.05 Å². The molecule has 0 saturated carbocycles. The molecule has 0 radical (unpaired) electrons. The van der Waals surface area contributed by atoms with Crippen molar-refractivity contribution in [1.29, 1.82) is 0 Å². The molecule has 0 aliphatic rings. The van der Waals surface area contributed by atoms with Crippen LogP contribution in [0.5, 0.6) is 0 Å². The van der Waals surface area contributed by atoms with Crippen LogP contribution in [0.3, 0.4) is 0 Å². The molecule has 0 atom stereocenters. The SMILES string of the molecule is CCC(C)(C)N(C)S(=O)(=O)c1cc(CCl)n(C)c1. The highest BCUT2D eigenvalue weighted by Gasteiger charge is 2.33. The fraction of sp³-hybridized carbons (Fsp3) is 0.667. The van der Waals surface area contributed by atoms with Crippen molar-refractivity contribution in [3.8, 4) is 0 Å². The van der Waals surface area contributed by atoms with E-state index in [1.165, 1.54) is 4.31 Å². The Hall–Kier alpha value is -0.520. The second-order valence-electron chi connectivity index (χ2n) is 5.05. The van der Waals surface area contributed by atoms with Crippen LogP contribution in [0.15, 0.2) is 17.2 Å². The first-order chi connectivity index (χ1) is 8.16. The Morgan fingerprint density at radius 3 is 2.39 bits per heavy atom. The second-order valence-corrected chi connectivity index (χ2v) is 7.29. The zero-order valence-corrected chi connectivity index (χ0v) is 13.1. The average Bonchev–Trinajstić information content (AvgIpc) is 2.70. The number of aromatic nitrogens is 1. The number of halogens is 1. The lowest BCUT2D eigenvalue weighted by molar-refractivity contribution is 0.257. The number of nitrogens with zero attached hydrogens (tertiary/aromatic N) is 2. The molecule has 4 nitrogen and oxygen atoms in total. The summed E-state index contributed by atoms with van der Waals surface area (Å²) in [6.45, 7) is 5.80. The molecule has 0 aliphatic carbocycles. The summed E-state index contributed by atoms with van der Waals surface area (Å²) in [5.41, 5.74) is 0.383. The molecule has 0 saturated heterocycles. The molecule has 0 unspecified atom stereocenters. The molecule has 0 N–H and O–H groups in total. The smallest absolute Gasteiger partial charge is 0.244 e. The fourth-order valence-electron chi connectivity index (χ4n) is 1.56. The molecule has 18 heavy (non-hydrogen) atoms. The minimum absolute atomic E-state index is 0.296. The van der Waals surface area contributed by atoms with Crippen molar-refractivity contribution in [2.45, 2.75) is 43.5 Å². The van der Waals surface area contributed by atoms with Gasteiger partial charge in [-0.15, -0.1) is 11.6 Å². The minimum Gasteiger partial charge on any atom is -0.352 e. The number of hydrogen-bond acceptors (Lipinski definition) is 2. The summed E-state index contributed by atoms with van der Waals surface area (Å²) in [7, 11) is -0.0561. The first-order valence-electron chi connectivity index (χ1n) is 5.87. The molecule has 1 aromatic rings. The van der Waals surface area contributed by atoms with Crippen LogP contribution in [0.1, 0.15) is 32.9 Å². The summed E-state index contributed by atoms with van der Waals surface area (Å²) < 4.78 is 28.1. The van der Waals surface area contributed by atoms with E-state index in [0.717, 1.165) is 12.1 Å². The summed E-state index contributed by atoms with van der Waals surface area (Å²) in [5.74, 6) is 0.299. The molecular formula is C12H21ClN2O2S. The van der Waals surface area contributed by atoms with Crippen LogP contribution in [0, 0.1) is 0 Å². The zero-order valence-electron chi connectivity index (χ0n) is 11.6. The van der Waals surface area contributed by atoms with Gasteiger partial charge in [0.2, 0.25) is 10.0 Å². The van der Waals surface area contributed by atoms with Crippen LogP contribution < -0.4 is 0 Å². The van der Waals surface area contributed by atoms with E-state index in [9.17, 15) is 8.42 Å². The topological polar surface area (TPSA) is 42.3 Å². The number of sulfonamides is 1. The predicted octanol–water partition coefficient (Wildman–Crippen LogP) is 2.57. The van der Waals surface area contributed by atoms with Gasteiger partial charge in [0, 0.05) is 31.5 Å². The van der Waals surface area contributed by atoms with E-state index in [1.54, 1.807) is 30.9 Å². The maximum absolute atomic E-state index is 12.5. The number of hydrogen-bond donors (Lipinski definition) is 0. The highest BCUT2D eigenvalue weighted by molar-refractivity contribution is 7.89. The maximum atomic E-state index is 12.5. The molecule has 0 amide bonds. The van der Waals surface area contributed by atoms with Gasteiger partial charge in [0.15, 0.2) is 0 Å². The van der Waals surface area contributed by atoms with Crippen LogP contribution in [0.25, 0.3) is 0 Å². The summed E-state index contributed by atoms with van der Waals surface area (Å²) in [4.78, 5) is 0.296. The van der Waals surface area contributed by atoms with Crippen molar-refractivity contribution in [3.63, 3.8) is 0 Å². The van der Waals surface area contributed by atoms with Crippen molar-refractivity contribution < 1.29 is 8.42 Å². The minimum atomic E-state index is -3.47. The highest BCUT2D eigenvalue weighted by atomic mass is 35.5. The number of rotatable bonds is 5. The average molecular weight is 293 g/mol. The molecule has 0 bridgehead atoms. The summed E-state index contributed by atoms with van der Waals surface area (Å²) in [6.07, 6.45) is 2.35. The standard InChI is InChI=1S/C12H21ClN2O2S/c1-6-12(2,3)15(5)18(16,17)11-7-10(8-13)14(4)9-11/h7,9H,6,8H2,1-5H3. The Balaban J connectivity index is 3.21. The predicted molar refractivity (Wildman–Crippen MR) is 74.3 cm³/mol. The lowest BCUT2D eigenvalue weighted by Crippen LogP contribution is -2.44. The Labute approximate surface area is 115 Å². The van der Waals surface area contributed by atoms with E-state index in [2.05, 4.69) is 0 Å². The van der Waals surface area contributed by atoms with Crippen LogP contribution in [-0.2, 0) is 23.0 Å². The lowest BCUT2D eigenvalue weighted by atomic mass is 10.0. The fourth-order valence-corrected chi connectivity index (χ4v) is 3.50. The van der Waals surface area contributed by atoms with E-state index in [-0.39, 0.29) is 0 Å². The van der Waals surface area contributed by atoms with Crippen LogP contribution in [0.4, 0.5) is 0 Å². The van der Waals surface area contributed by atoms with Gasteiger partial charge in [-0.3, -0.25) is 0 Å². The van der Waals surface area contributed by atoms with E-state index >= 15 is 0 Å². The monoisotopic (exact) mass is 292 g/mol. The quantitative estimate of drug-likeness (QED) is 0.783. The van der Waals surface area contributed by atoms with Crippen molar-refractivity contribution in [1.82, 2.24) is 8.87 Å². The third-order valence-electron chi connectivity index (χ3n) is 3.60. The summed E-state index contributed by atoms with van der Waals surface area (Å²) in [5, 5.41) is 0. The highest BCUT2D eigenvalue weighted by Crippen LogP contribution is 2.26. The Morgan fingerprint density at radius 2 is 2.00 bits per heavy atom. The van der Waals surface area contributed by atoms with Gasteiger partial charge in [-0.05, 0) is 26.3 Å². The molecular weight excluding hydrogens is 272 g/mol. The van der Waals surface area contributed by atoms with E-state index in [1.807, 2.05) is 20.8 Å². The molecule has 104 valence electrons. The number of aryl methyl sites for hydroxylation is 1. The molecule has 0 aromatic carbocycles. The van der Waals surface area contributed by atoms with Gasteiger partial charge in [0.25, 0.3) is 0 Å². The van der Waals surface area contributed by atoms with Gasteiger partial charge in [0.05, 0.1) is 5.88 Å². The summed E-state index contributed by atoms with van der Waals surface area (Å²) >= 11 is 5.76. The number of alkyl halides is 1. The van der Waals surface area contributed by atoms with Gasteiger partial charge in [0.1, 0.15) is 4.90 Å². The van der Waals surface area contributed by atoms with Gasteiger partial charge < -0.3 is 4.57 Å². The van der Waals surface area contributed by atoms with E-state index in [0.29, 0.717) is 10.8 Å². The van der Waals surface area contributed by atoms with Crippen molar-refractivity contribution in [2.75, 3.05) is 7.05 Å². The third kappa shape index (κ3) is 2.73. The molecule has 0 spiro atoms. The molecule has 1 aromatic heterocycles. The van der Waals surface area contributed by atoms with Gasteiger partial charge in [-0.2, -0.15) is 4.31 Å². The Kier molecular flexibility index (Phi) is 4.51. The maximum Gasteiger partial charge on any atom is 0.244 e. The Morgan fingerprint density at radius 1 is 1.44 bits per heavy atom. The van der Waals surface area contributed by atoms with E-state index < -0.39 is 15.6 Å². The molecule has 1 heterocycles. The first kappa shape index (κ1) is 15.5. The largest absolute Gasteiger partial charge is 0.352 e. The molecule has 1 rings (SSSR count). The summed E-state index contributed by atoms with van der Waals surface area (Å²) in [6, 6.07) is 1.63. The van der Waals surface area contributed by atoms with E-state index in [4.69, 9.17) is 11.6 Å². The van der Waals surface area contributed by atoms with Gasteiger partial charge in [-0.25, -0.2) is 8.42 Å². The first-order valence-corrected chi connectivity index (χ1v) is 7.84. The lowest BCUT2D eigenvalue weighted by Gasteiger charge is -2.33. The van der Waals surface area contributed by atoms with Crippen LogP contribution in [0.2, 0.25) is 0 Å². The van der Waals surface area contributed by atoms with Crippen molar-refractivity contribution in [3.05, 3.63) is 18.0 Å².